The molecule has 1 heterocycles. The van der Waals surface area contributed by atoms with Crippen LogP contribution in [-0.2, 0) is 19.5 Å². The Bertz CT molecular complexity index is 1520. The quantitative estimate of drug-likeness (QED) is 0.262. The van der Waals surface area contributed by atoms with Crippen LogP contribution in [0.3, 0.4) is 0 Å². The molecule has 7 nitrogen and oxygen atoms in total. The Labute approximate surface area is 234 Å². The number of hydrogen-bond acceptors (Lipinski definition) is 5. The standard InChI is InChI=1S/C31H35N3O4S/c1-20-14-21(2)29-24(15-20)17-25(30(35)33-29)19-34(18-23-6-9-26(36-3)10-7-23)31(39)32-13-12-22-8-11-27(37-4)28(16-22)38-5/h6-11,14-17H,12-13,18-19H2,1-5H3,(H,32,39)(H,33,35). The monoisotopic (exact) mass is 545 g/mol. The molecule has 1 aromatic heterocycles. The fourth-order valence-electron chi connectivity index (χ4n) is 4.67. The molecule has 0 aliphatic carbocycles. The normalized spacial score (nSPS) is 10.8. The van der Waals surface area contributed by atoms with E-state index in [1.54, 1.807) is 21.3 Å². The molecule has 4 aromatic rings. The van der Waals surface area contributed by atoms with Crippen LogP contribution in [0.2, 0.25) is 0 Å². The van der Waals surface area contributed by atoms with Crippen molar-refractivity contribution in [2.45, 2.75) is 33.4 Å². The van der Waals surface area contributed by atoms with Crippen molar-refractivity contribution in [1.29, 1.82) is 0 Å². The van der Waals surface area contributed by atoms with Crippen LogP contribution in [0.4, 0.5) is 0 Å². The average molecular weight is 546 g/mol. The molecule has 39 heavy (non-hydrogen) atoms. The highest BCUT2D eigenvalue weighted by Gasteiger charge is 2.15. The van der Waals surface area contributed by atoms with Crippen molar-refractivity contribution in [3.8, 4) is 17.2 Å². The molecule has 0 unspecified atom stereocenters. The SMILES string of the molecule is COc1ccc(CN(Cc2cc3cc(C)cc(C)c3[nH]c2=O)C(=S)NCCc2ccc(OC)c(OC)c2)cc1. The Morgan fingerprint density at radius 2 is 1.59 bits per heavy atom. The number of ether oxygens (including phenoxy) is 3. The van der Waals surface area contributed by atoms with Gasteiger partial charge in [0.1, 0.15) is 5.75 Å². The number of H-pyrrole nitrogens is 1. The Morgan fingerprint density at radius 3 is 2.28 bits per heavy atom. The Hall–Kier alpha value is -4.04. The summed E-state index contributed by atoms with van der Waals surface area (Å²) in [6.07, 6.45) is 0.742. The highest BCUT2D eigenvalue weighted by atomic mass is 32.1. The van der Waals surface area contributed by atoms with Crippen LogP contribution in [0.5, 0.6) is 17.2 Å². The van der Waals surface area contributed by atoms with Gasteiger partial charge >= 0.3 is 0 Å². The second-order valence-electron chi connectivity index (χ2n) is 9.55. The van der Waals surface area contributed by atoms with Crippen LogP contribution in [0.1, 0.15) is 27.8 Å². The molecule has 0 amide bonds. The second-order valence-corrected chi connectivity index (χ2v) is 9.93. The third kappa shape index (κ3) is 6.89. The molecule has 0 aliphatic heterocycles. The van der Waals surface area contributed by atoms with Crippen LogP contribution < -0.4 is 25.1 Å². The Kier molecular flexibility index (Phi) is 9.09. The zero-order chi connectivity index (χ0) is 27.9. The lowest BCUT2D eigenvalue weighted by Crippen LogP contribution is -2.40. The molecule has 0 radical (unpaired) electrons. The molecular formula is C31H35N3O4S. The van der Waals surface area contributed by atoms with Crippen LogP contribution >= 0.6 is 12.2 Å². The molecule has 4 rings (SSSR count). The molecule has 0 bridgehead atoms. The molecule has 0 fully saturated rings. The number of aromatic amines is 1. The van der Waals surface area contributed by atoms with Gasteiger partial charge in [-0.05, 0) is 91.0 Å². The number of fused-ring (bicyclic) bond motifs is 1. The lowest BCUT2D eigenvalue weighted by Gasteiger charge is -2.26. The Morgan fingerprint density at radius 1 is 0.872 bits per heavy atom. The first-order valence-electron chi connectivity index (χ1n) is 12.8. The highest BCUT2D eigenvalue weighted by molar-refractivity contribution is 7.80. The number of aryl methyl sites for hydroxylation is 2. The molecule has 0 saturated carbocycles. The van der Waals surface area contributed by atoms with E-state index in [4.69, 9.17) is 26.4 Å². The fraction of sp³-hybridized carbons (Fsp3) is 0.290. The summed E-state index contributed by atoms with van der Waals surface area (Å²) >= 11 is 5.84. The molecule has 2 N–H and O–H groups in total. The minimum absolute atomic E-state index is 0.109. The van der Waals surface area contributed by atoms with Crippen molar-refractivity contribution in [3.05, 3.63) is 98.8 Å². The first-order valence-corrected chi connectivity index (χ1v) is 13.2. The third-order valence-electron chi connectivity index (χ3n) is 6.69. The molecule has 0 atom stereocenters. The molecule has 3 aromatic carbocycles. The second kappa shape index (κ2) is 12.7. The molecular weight excluding hydrogens is 510 g/mol. The predicted molar refractivity (Wildman–Crippen MR) is 160 cm³/mol. The molecule has 204 valence electrons. The smallest absolute Gasteiger partial charge is 0.253 e. The van der Waals surface area contributed by atoms with E-state index in [2.05, 4.69) is 29.4 Å². The first kappa shape index (κ1) is 28.0. The largest absolute Gasteiger partial charge is 0.497 e. The van der Waals surface area contributed by atoms with Crippen molar-refractivity contribution in [2.75, 3.05) is 27.9 Å². The Balaban J connectivity index is 1.54. The summed E-state index contributed by atoms with van der Waals surface area (Å²) in [4.78, 5) is 18.2. The lowest BCUT2D eigenvalue weighted by molar-refractivity contribution is 0.354. The van der Waals surface area contributed by atoms with Gasteiger partial charge in [-0.1, -0.05) is 29.8 Å². The fourth-order valence-corrected chi connectivity index (χ4v) is 4.90. The molecule has 0 saturated heterocycles. The minimum atomic E-state index is -0.109. The number of pyridine rings is 1. The number of nitrogens with one attached hydrogen (secondary N) is 2. The topological polar surface area (TPSA) is 75.8 Å². The van der Waals surface area contributed by atoms with Crippen molar-refractivity contribution in [3.63, 3.8) is 0 Å². The predicted octanol–water partition coefficient (Wildman–Crippen LogP) is 5.29. The third-order valence-corrected chi connectivity index (χ3v) is 7.09. The summed E-state index contributed by atoms with van der Waals surface area (Å²) in [7, 11) is 4.90. The van der Waals surface area contributed by atoms with Crippen LogP contribution in [-0.4, -0.2) is 42.9 Å². The molecule has 0 spiro atoms. The number of rotatable bonds is 10. The van der Waals surface area contributed by atoms with Crippen molar-refractivity contribution in [2.24, 2.45) is 0 Å². The van der Waals surface area contributed by atoms with Gasteiger partial charge in [0.25, 0.3) is 5.56 Å². The summed E-state index contributed by atoms with van der Waals surface area (Å²) in [5, 5.41) is 4.97. The summed E-state index contributed by atoms with van der Waals surface area (Å²) in [5.41, 5.74) is 5.78. The van der Waals surface area contributed by atoms with Gasteiger partial charge in [-0.2, -0.15) is 0 Å². The summed E-state index contributed by atoms with van der Waals surface area (Å²) in [6.45, 7) is 5.60. The van der Waals surface area contributed by atoms with E-state index in [9.17, 15) is 4.79 Å². The van der Waals surface area contributed by atoms with Crippen molar-refractivity contribution >= 4 is 28.2 Å². The first-order chi connectivity index (χ1) is 18.8. The van der Waals surface area contributed by atoms with Gasteiger partial charge in [-0.25, -0.2) is 0 Å². The maximum Gasteiger partial charge on any atom is 0.253 e. The van der Waals surface area contributed by atoms with Crippen LogP contribution in [0, 0.1) is 13.8 Å². The van der Waals surface area contributed by atoms with Crippen molar-refractivity contribution < 1.29 is 14.2 Å². The zero-order valence-corrected chi connectivity index (χ0v) is 23.9. The summed E-state index contributed by atoms with van der Waals surface area (Å²) in [5.74, 6) is 2.18. The van der Waals surface area contributed by atoms with E-state index >= 15 is 0 Å². The highest BCUT2D eigenvalue weighted by Crippen LogP contribution is 2.27. The van der Waals surface area contributed by atoms with Gasteiger partial charge < -0.3 is 29.4 Å². The van der Waals surface area contributed by atoms with E-state index < -0.39 is 0 Å². The minimum Gasteiger partial charge on any atom is -0.497 e. The molecule has 0 aliphatic rings. The summed E-state index contributed by atoms with van der Waals surface area (Å²) in [6, 6.07) is 19.9. The summed E-state index contributed by atoms with van der Waals surface area (Å²) < 4.78 is 16.1. The molecule has 8 heteroatoms. The van der Waals surface area contributed by atoms with Crippen LogP contribution in [0.15, 0.2) is 65.5 Å². The van der Waals surface area contributed by atoms with E-state index in [0.717, 1.165) is 45.3 Å². The zero-order valence-electron chi connectivity index (χ0n) is 23.1. The number of methoxy groups -OCH3 is 3. The maximum absolute atomic E-state index is 13.1. The van der Waals surface area contributed by atoms with E-state index in [0.29, 0.717) is 41.8 Å². The number of aromatic nitrogens is 1. The van der Waals surface area contributed by atoms with Gasteiger partial charge in [0.2, 0.25) is 0 Å². The van der Waals surface area contributed by atoms with Crippen LogP contribution in [0.25, 0.3) is 10.9 Å². The van der Waals surface area contributed by atoms with Crippen molar-refractivity contribution in [1.82, 2.24) is 15.2 Å². The van der Waals surface area contributed by atoms with E-state index in [-0.39, 0.29) is 5.56 Å². The number of thiocarbonyl (C=S) groups is 1. The van der Waals surface area contributed by atoms with Gasteiger partial charge in [0, 0.05) is 18.7 Å². The number of hydrogen-bond donors (Lipinski definition) is 2. The number of nitrogens with zero attached hydrogens (tertiary/aromatic N) is 1. The van der Waals surface area contributed by atoms with E-state index in [1.165, 1.54) is 0 Å². The average Bonchev–Trinajstić information content (AvgIpc) is 2.93. The number of benzene rings is 3. The van der Waals surface area contributed by atoms with Gasteiger partial charge in [-0.3, -0.25) is 4.79 Å². The lowest BCUT2D eigenvalue weighted by atomic mass is 10.1. The van der Waals surface area contributed by atoms with Gasteiger partial charge in [0.05, 0.1) is 33.4 Å². The van der Waals surface area contributed by atoms with Gasteiger partial charge in [-0.15, -0.1) is 0 Å². The maximum atomic E-state index is 13.1. The van der Waals surface area contributed by atoms with Gasteiger partial charge in [0.15, 0.2) is 16.6 Å². The van der Waals surface area contributed by atoms with E-state index in [1.807, 2.05) is 60.4 Å².